The number of rotatable bonds is 4. The smallest absolute Gasteiger partial charge is 0.456 e. The Morgan fingerprint density at radius 1 is 0.962 bits per heavy atom. The monoisotopic (exact) mass is 382 g/mol. The molecule has 4 aliphatic carbocycles. The number of hydrogen-bond donors (Lipinski definition) is 0. The fourth-order valence-corrected chi connectivity index (χ4v) is 5.00. The number of carbonyl (C=O) groups is 2. The standard InChI is InChI=1S/C17H19F5O4/c1-9(2)12(23)25-14-4-10-3-11(5-14)7-15(6-10,8-14)26-13(24)16(18,19)17(20,21)22/h10-11H,1,3-8H2,2H3. The Kier molecular flexibility index (Phi) is 4.16. The number of halogens is 5. The first-order valence-corrected chi connectivity index (χ1v) is 8.34. The Labute approximate surface area is 146 Å². The van der Waals surface area contributed by atoms with E-state index in [1.807, 2.05) is 0 Å². The van der Waals surface area contributed by atoms with Gasteiger partial charge in [0.2, 0.25) is 0 Å². The van der Waals surface area contributed by atoms with Gasteiger partial charge in [-0.1, -0.05) is 6.58 Å². The maximum absolute atomic E-state index is 13.3. The van der Waals surface area contributed by atoms with E-state index in [4.69, 9.17) is 9.47 Å². The third-order valence-corrected chi connectivity index (χ3v) is 5.53. The molecule has 0 heterocycles. The Bertz CT molecular complexity index is 640. The largest absolute Gasteiger partial charge is 0.465 e. The zero-order valence-corrected chi connectivity index (χ0v) is 14.1. The summed E-state index contributed by atoms with van der Waals surface area (Å²) in [5.41, 5.74) is -2.30. The molecule has 0 aromatic carbocycles. The Balaban J connectivity index is 1.83. The molecule has 4 rings (SSSR count). The van der Waals surface area contributed by atoms with Crippen LogP contribution in [0.5, 0.6) is 0 Å². The zero-order valence-electron chi connectivity index (χ0n) is 14.1. The van der Waals surface area contributed by atoms with Gasteiger partial charge in [-0.25, -0.2) is 9.59 Å². The summed E-state index contributed by atoms with van der Waals surface area (Å²) in [6, 6.07) is 0. The number of alkyl halides is 5. The molecular formula is C17H19F5O4. The van der Waals surface area contributed by atoms with Crippen molar-refractivity contribution in [2.75, 3.05) is 0 Å². The lowest BCUT2D eigenvalue weighted by Crippen LogP contribution is -2.63. The van der Waals surface area contributed by atoms with E-state index in [-0.39, 0.29) is 36.7 Å². The quantitative estimate of drug-likeness (QED) is 0.420. The molecule has 0 aliphatic heterocycles. The third kappa shape index (κ3) is 3.09. The van der Waals surface area contributed by atoms with E-state index in [0.717, 1.165) is 6.42 Å². The van der Waals surface area contributed by atoms with Gasteiger partial charge in [0, 0.05) is 12.0 Å². The average molecular weight is 382 g/mol. The lowest BCUT2D eigenvalue weighted by Gasteiger charge is -2.60. The summed E-state index contributed by atoms with van der Waals surface area (Å²) in [5, 5.41) is 0. The summed E-state index contributed by atoms with van der Waals surface area (Å²) in [4.78, 5) is 23.6. The van der Waals surface area contributed by atoms with Crippen LogP contribution in [0, 0.1) is 11.8 Å². The highest BCUT2D eigenvalue weighted by Gasteiger charge is 2.68. The second-order valence-corrected chi connectivity index (χ2v) is 7.96. The van der Waals surface area contributed by atoms with Crippen LogP contribution in [0.2, 0.25) is 0 Å². The van der Waals surface area contributed by atoms with E-state index in [9.17, 15) is 31.5 Å². The fraction of sp³-hybridized carbons (Fsp3) is 0.765. The van der Waals surface area contributed by atoms with Crippen molar-refractivity contribution in [1.82, 2.24) is 0 Å². The van der Waals surface area contributed by atoms with Crippen LogP contribution in [-0.2, 0) is 19.1 Å². The van der Waals surface area contributed by atoms with E-state index >= 15 is 0 Å². The van der Waals surface area contributed by atoms with Crippen molar-refractivity contribution in [3.8, 4) is 0 Å². The van der Waals surface area contributed by atoms with Crippen molar-refractivity contribution in [3.63, 3.8) is 0 Å². The van der Waals surface area contributed by atoms with E-state index in [2.05, 4.69) is 6.58 Å². The minimum absolute atomic E-state index is 0.0542. The maximum Gasteiger partial charge on any atom is 0.465 e. The molecule has 9 heteroatoms. The van der Waals surface area contributed by atoms with Gasteiger partial charge in [-0.2, -0.15) is 22.0 Å². The van der Waals surface area contributed by atoms with Crippen LogP contribution in [0.3, 0.4) is 0 Å². The van der Waals surface area contributed by atoms with Crippen LogP contribution in [0.1, 0.15) is 45.4 Å². The first-order chi connectivity index (χ1) is 11.8. The first kappa shape index (κ1) is 19.1. The molecule has 0 radical (unpaired) electrons. The predicted octanol–water partition coefficient (Wildman–Crippen LogP) is 3.94. The number of esters is 2. The molecule has 2 atom stereocenters. The van der Waals surface area contributed by atoms with Crippen molar-refractivity contribution in [1.29, 1.82) is 0 Å². The van der Waals surface area contributed by atoms with E-state index in [1.54, 1.807) is 0 Å². The van der Waals surface area contributed by atoms with Crippen molar-refractivity contribution in [3.05, 3.63) is 12.2 Å². The molecule has 0 saturated heterocycles. The molecular weight excluding hydrogens is 363 g/mol. The number of hydrogen-bond acceptors (Lipinski definition) is 4. The van der Waals surface area contributed by atoms with Crippen molar-refractivity contribution in [2.24, 2.45) is 11.8 Å². The van der Waals surface area contributed by atoms with E-state index in [0.29, 0.717) is 12.8 Å². The second-order valence-electron chi connectivity index (χ2n) is 7.96. The molecule has 4 nitrogen and oxygen atoms in total. The van der Waals surface area contributed by atoms with E-state index in [1.165, 1.54) is 6.92 Å². The lowest BCUT2D eigenvalue weighted by molar-refractivity contribution is -0.294. The molecule has 0 spiro atoms. The summed E-state index contributed by atoms with van der Waals surface area (Å²) in [6.45, 7) is 4.96. The Morgan fingerprint density at radius 2 is 1.42 bits per heavy atom. The van der Waals surface area contributed by atoms with Gasteiger partial charge in [0.1, 0.15) is 11.2 Å². The predicted molar refractivity (Wildman–Crippen MR) is 78.1 cm³/mol. The third-order valence-electron chi connectivity index (χ3n) is 5.53. The van der Waals surface area contributed by atoms with Gasteiger partial charge in [0.25, 0.3) is 0 Å². The van der Waals surface area contributed by atoms with Crippen LogP contribution < -0.4 is 0 Å². The van der Waals surface area contributed by atoms with Gasteiger partial charge in [0.15, 0.2) is 0 Å². The molecule has 146 valence electrons. The maximum atomic E-state index is 13.3. The summed E-state index contributed by atoms with van der Waals surface area (Å²) in [7, 11) is 0. The number of ether oxygens (including phenoxy) is 2. The molecule has 0 amide bonds. The second kappa shape index (κ2) is 5.66. The summed E-state index contributed by atoms with van der Waals surface area (Å²) < 4.78 is 74.3. The molecule has 4 fully saturated rings. The van der Waals surface area contributed by atoms with Gasteiger partial charge < -0.3 is 9.47 Å². The van der Waals surface area contributed by atoms with Crippen molar-refractivity contribution < 1.29 is 41.0 Å². The molecule has 26 heavy (non-hydrogen) atoms. The molecule has 0 N–H and O–H groups in total. The summed E-state index contributed by atoms with van der Waals surface area (Å²) in [5.74, 6) is -8.91. The Morgan fingerprint density at radius 3 is 1.85 bits per heavy atom. The highest BCUT2D eigenvalue weighted by atomic mass is 19.4. The van der Waals surface area contributed by atoms with Gasteiger partial charge in [-0.05, 0) is 50.9 Å². The molecule has 2 unspecified atom stereocenters. The minimum atomic E-state index is -6.02. The molecule has 0 aromatic rings. The van der Waals surface area contributed by atoms with Crippen molar-refractivity contribution >= 4 is 11.9 Å². The molecule has 0 aromatic heterocycles. The highest BCUT2D eigenvalue weighted by Crippen LogP contribution is 2.60. The van der Waals surface area contributed by atoms with Gasteiger partial charge in [-0.15, -0.1) is 0 Å². The zero-order chi connectivity index (χ0) is 19.5. The molecule has 4 aliphatic rings. The van der Waals surface area contributed by atoms with Crippen LogP contribution in [-0.4, -0.2) is 35.2 Å². The topological polar surface area (TPSA) is 52.6 Å². The minimum Gasteiger partial charge on any atom is -0.456 e. The van der Waals surface area contributed by atoms with Crippen LogP contribution in [0.4, 0.5) is 22.0 Å². The lowest BCUT2D eigenvalue weighted by atomic mass is 9.52. The normalized spacial score (nSPS) is 35.9. The van der Waals surface area contributed by atoms with Gasteiger partial charge in [0.05, 0.1) is 0 Å². The molecule has 4 bridgehead atoms. The van der Waals surface area contributed by atoms with Crippen LogP contribution >= 0.6 is 0 Å². The average Bonchev–Trinajstić information content (AvgIpc) is 2.43. The van der Waals surface area contributed by atoms with Crippen LogP contribution in [0.15, 0.2) is 12.2 Å². The Hall–Kier alpha value is -1.67. The van der Waals surface area contributed by atoms with Crippen LogP contribution in [0.25, 0.3) is 0 Å². The van der Waals surface area contributed by atoms with Gasteiger partial charge in [-0.3, -0.25) is 0 Å². The first-order valence-electron chi connectivity index (χ1n) is 8.34. The van der Waals surface area contributed by atoms with Gasteiger partial charge >= 0.3 is 24.0 Å². The fourth-order valence-electron chi connectivity index (χ4n) is 5.00. The number of carbonyl (C=O) groups excluding carboxylic acids is 2. The molecule has 4 saturated carbocycles. The summed E-state index contributed by atoms with van der Waals surface area (Å²) >= 11 is 0. The van der Waals surface area contributed by atoms with E-state index < -0.39 is 35.2 Å². The SMILES string of the molecule is C=C(C)C(=O)OC12CC3CC(C1)CC(OC(=O)C(F)(F)C(F)(F)F)(C3)C2. The summed E-state index contributed by atoms with van der Waals surface area (Å²) in [6.07, 6.45) is -3.95. The highest BCUT2D eigenvalue weighted by molar-refractivity contribution is 5.87. The van der Waals surface area contributed by atoms with Crippen molar-refractivity contribution in [2.45, 2.75) is 68.7 Å².